The number of rotatable bonds is 4. The summed E-state index contributed by atoms with van der Waals surface area (Å²) < 4.78 is 0. The van der Waals surface area contributed by atoms with E-state index >= 15 is 0 Å². The number of H-pyrrole nitrogens is 1. The Morgan fingerprint density at radius 2 is 1.79 bits per heavy atom. The minimum atomic E-state index is 0.579. The first-order valence-electron chi connectivity index (χ1n) is 12.7. The molecule has 6 nitrogen and oxygen atoms in total. The molecule has 0 aromatic carbocycles. The predicted molar refractivity (Wildman–Crippen MR) is 136 cm³/mol. The van der Waals surface area contributed by atoms with Crippen LogP contribution in [0.25, 0.3) is 27.6 Å². The van der Waals surface area contributed by atoms with E-state index in [4.69, 9.17) is 9.97 Å². The summed E-state index contributed by atoms with van der Waals surface area (Å²) in [6.07, 6.45) is 11.7. The average molecular weight is 464 g/mol. The first-order valence-corrected chi connectivity index (χ1v) is 13.6. The lowest BCUT2D eigenvalue weighted by Gasteiger charge is -2.41. The van der Waals surface area contributed by atoms with Gasteiger partial charge in [-0.05, 0) is 50.3 Å². The molecule has 1 saturated carbocycles. The van der Waals surface area contributed by atoms with Gasteiger partial charge in [0.15, 0.2) is 0 Å². The van der Waals surface area contributed by atoms with E-state index in [0.29, 0.717) is 11.8 Å². The molecule has 0 spiro atoms. The maximum Gasteiger partial charge on any atom is 0.137 e. The molecule has 0 unspecified atom stereocenters. The van der Waals surface area contributed by atoms with Crippen molar-refractivity contribution in [3.8, 4) is 11.3 Å². The minimum absolute atomic E-state index is 0.579. The van der Waals surface area contributed by atoms with Gasteiger partial charge in [-0.15, -0.1) is 24.4 Å². The van der Waals surface area contributed by atoms with Crippen LogP contribution < -0.4 is 0 Å². The average Bonchev–Trinajstić information content (AvgIpc) is 3.52. The van der Waals surface area contributed by atoms with Crippen LogP contribution in [0, 0.1) is 0 Å². The van der Waals surface area contributed by atoms with Crippen molar-refractivity contribution in [3.63, 3.8) is 0 Å². The molecule has 3 aromatic heterocycles. The van der Waals surface area contributed by atoms with E-state index in [1.807, 2.05) is 11.3 Å². The summed E-state index contributed by atoms with van der Waals surface area (Å²) in [7, 11) is 2.24. The number of thiazole rings is 1. The van der Waals surface area contributed by atoms with Gasteiger partial charge < -0.3 is 15.2 Å². The van der Waals surface area contributed by atoms with Gasteiger partial charge in [0.1, 0.15) is 5.65 Å². The summed E-state index contributed by atoms with van der Waals surface area (Å²) in [5.74, 6) is 1.21. The number of fused-ring (bicyclic) bond motifs is 1. The fraction of sp³-hybridized carbons (Fsp3) is 0.615. The molecule has 0 atom stereocenters. The smallest absolute Gasteiger partial charge is 0.137 e. The number of piperidine rings is 1. The third-order valence-electron chi connectivity index (χ3n) is 8.19. The Balaban J connectivity index is 1.17. The zero-order valence-corrected chi connectivity index (χ0v) is 20.5. The number of hydrogen-bond donors (Lipinski definition) is 1. The zero-order chi connectivity index (χ0) is 22.2. The van der Waals surface area contributed by atoms with Crippen molar-refractivity contribution in [1.82, 2.24) is 24.8 Å². The second-order valence-corrected chi connectivity index (χ2v) is 11.1. The highest BCUT2D eigenvalue weighted by molar-refractivity contribution is 7.10. The highest BCUT2D eigenvalue weighted by Crippen LogP contribution is 2.38. The van der Waals surface area contributed by atoms with Crippen LogP contribution in [0.15, 0.2) is 23.8 Å². The monoisotopic (exact) mass is 463 g/mol. The maximum absolute atomic E-state index is 5.06. The third-order valence-corrected chi connectivity index (χ3v) is 9.20. The molecule has 2 aliphatic heterocycles. The van der Waals surface area contributed by atoms with Crippen LogP contribution in [0.4, 0.5) is 0 Å². The maximum atomic E-state index is 5.06. The van der Waals surface area contributed by atoms with Crippen LogP contribution in [-0.4, -0.2) is 77.1 Å². The molecule has 1 aliphatic carbocycles. The third kappa shape index (κ3) is 4.48. The van der Waals surface area contributed by atoms with E-state index in [1.165, 1.54) is 73.4 Å². The van der Waals surface area contributed by atoms with Crippen molar-refractivity contribution in [1.29, 1.82) is 0 Å². The van der Waals surface area contributed by atoms with Gasteiger partial charge in [0.05, 0.1) is 10.7 Å². The van der Waals surface area contributed by atoms with E-state index in [0.717, 1.165) is 43.3 Å². The Labute approximate surface area is 200 Å². The normalized spacial score (nSPS) is 26.2. The van der Waals surface area contributed by atoms with Crippen molar-refractivity contribution in [2.24, 2.45) is 0 Å². The van der Waals surface area contributed by atoms with Crippen LogP contribution >= 0.6 is 11.3 Å². The van der Waals surface area contributed by atoms with Gasteiger partial charge in [-0.1, -0.05) is 12.8 Å². The van der Waals surface area contributed by atoms with Crippen LogP contribution in [-0.2, 0) is 0 Å². The van der Waals surface area contributed by atoms with Gasteiger partial charge in [-0.3, -0.25) is 4.90 Å². The Morgan fingerprint density at radius 3 is 2.58 bits per heavy atom. The van der Waals surface area contributed by atoms with Crippen LogP contribution in [0.5, 0.6) is 0 Å². The van der Waals surface area contributed by atoms with E-state index in [9.17, 15) is 0 Å². The van der Waals surface area contributed by atoms with Gasteiger partial charge in [0.25, 0.3) is 0 Å². The zero-order valence-electron chi connectivity index (χ0n) is 19.7. The summed E-state index contributed by atoms with van der Waals surface area (Å²) in [6, 6.07) is 3.17. The van der Waals surface area contributed by atoms with Gasteiger partial charge in [0.2, 0.25) is 0 Å². The first kappa shape index (κ1) is 21.7. The SMILES string of the molecule is CN1CCN(C2CCC(c3cnc4[nH]cc(-c5csc(C6CC[N-]CC6)n5)c4c3)CC2)CC1. The summed E-state index contributed by atoms with van der Waals surface area (Å²) in [5, 5.41) is 9.24. The summed E-state index contributed by atoms with van der Waals surface area (Å²) in [6.45, 7) is 6.86. The fourth-order valence-electron chi connectivity index (χ4n) is 6.01. The lowest BCUT2D eigenvalue weighted by molar-refractivity contribution is 0.0878. The molecular formula is C26H35N6S-. The lowest BCUT2D eigenvalue weighted by atomic mass is 9.81. The molecule has 3 fully saturated rings. The molecule has 0 bridgehead atoms. The molecule has 3 aromatic rings. The van der Waals surface area contributed by atoms with E-state index in [2.05, 4.69) is 51.0 Å². The molecule has 0 radical (unpaired) electrons. The summed E-state index contributed by atoms with van der Waals surface area (Å²) in [4.78, 5) is 18.4. The number of aromatic amines is 1. The van der Waals surface area contributed by atoms with Crippen LogP contribution in [0.2, 0.25) is 0 Å². The van der Waals surface area contributed by atoms with E-state index in [-0.39, 0.29) is 0 Å². The highest BCUT2D eigenvalue weighted by atomic mass is 32.1. The fourth-order valence-corrected chi connectivity index (χ4v) is 7.00. The topological polar surface area (TPSA) is 62.1 Å². The largest absolute Gasteiger partial charge is 0.662 e. The Morgan fingerprint density at radius 1 is 1.00 bits per heavy atom. The molecule has 33 heavy (non-hydrogen) atoms. The Hall–Kier alpha value is -1.80. The van der Waals surface area contributed by atoms with Crippen molar-refractivity contribution < 1.29 is 0 Å². The van der Waals surface area contributed by atoms with Gasteiger partial charge in [0, 0.05) is 66.9 Å². The number of likely N-dealkylation sites (N-methyl/N-ethyl adjacent to an activating group) is 1. The quantitative estimate of drug-likeness (QED) is 0.577. The Bertz CT molecular complexity index is 1070. The lowest BCUT2D eigenvalue weighted by Crippen LogP contribution is -2.49. The second kappa shape index (κ2) is 9.45. The van der Waals surface area contributed by atoms with Gasteiger partial charge >= 0.3 is 0 Å². The molecule has 7 heteroatoms. The summed E-state index contributed by atoms with van der Waals surface area (Å²) >= 11 is 1.81. The van der Waals surface area contributed by atoms with Crippen molar-refractivity contribution in [2.45, 2.75) is 56.4 Å². The molecule has 2 saturated heterocycles. The summed E-state index contributed by atoms with van der Waals surface area (Å²) in [5.41, 5.74) is 4.69. The number of nitrogens with zero attached hydrogens (tertiary/aromatic N) is 5. The molecule has 1 N–H and O–H groups in total. The highest BCUT2D eigenvalue weighted by Gasteiger charge is 2.28. The van der Waals surface area contributed by atoms with E-state index < -0.39 is 0 Å². The molecule has 0 amide bonds. The van der Waals surface area contributed by atoms with Crippen molar-refractivity contribution in [3.05, 3.63) is 39.7 Å². The molecular weight excluding hydrogens is 428 g/mol. The molecule has 5 heterocycles. The minimum Gasteiger partial charge on any atom is -0.662 e. The molecule has 6 rings (SSSR count). The first-order chi connectivity index (χ1) is 16.2. The van der Waals surface area contributed by atoms with Crippen LogP contribution in [0.1, 0.15) is 60.9 Å². The number of hydrogen-bond acceptors (Lipinski definition) is 5. The van der Waals surface area contributed by atoms with E-state index in [1.54, 1.807) is 0 Å². The van der Waals surface area contributed by atoms with Crippen molar-refractivity contribution >= 4 is 22.4 Å². The number of aromatic nitrogens is 3. The molecule has 176 valence electrons. The van der Waals surface area contributed by atoms with Gasteiger partial charge in [-0.2, -0.15) is 0 Å². The predicted octanol–water partition coefficient (Wildman–Crippen LogP) is 5.21. The standard InChI is InChI=1S/C26H35N6S/c1-31-10-12-32(13-11-31)21-4-2-18(3-5-21)20-14-22-23(16-29-25(22)28-15-20)24-17-33-26(30-24)19-6-8-27-9-7-19/h14-19,21H,2-13H2,1H3,(H,28,29)/q-1. The van der Waals surface area contributed by atoms with Crippen molar-refractivity contribution in [2.75, 3.05) is 46.3 Å². The Kier molecular flexibility index (Phi) is 6.22. The second-order valence-electron chi connectivity index (χ2n) is 10.2. The van der Waals surface area contributed by atoms with Crippen LogP contribution in [0.3, 0.4) is 0 Å². The number of pyridine rings is 1. The number of piperazine rings is 1. The van der Waals surface area contributed by atoms with Gasteiger partial charge in [-0.25, -0.2) is 9.97 Å². The number of nitrogens with one attached hydrogen (secondary N) is 1. The molecule has 3 aliphatic rings.